The third-order valence-electron chi connectivity index (χ3n) is 5.83. The number of hydrogen-bond donors (Lipinski definition) is 1. The Morgan fingerprint density at radius 1 is 0.621 bits per heavy atom. The topological polar surface area (TPSA) is 20.2 Å². The van der Waals surface area contributed by atoms with Crippen molar-refractivity contribution in [3.05, 3.63) is 77.9 Å². The first-order chi connectivity index (χ1) is 13.6. The molecule has 0 atom stereocenters. The third-order valence-corrected chi connectivity index (χ3v) is 5.83. The van der Waals surface area contributed by atoms with E-state index in [-0.39, 0.29) is 10.8 Å². The molecule has 1 nitrogen and oxygen atoms in total. The number of hydrogen-bond acceptors (Lipinski definition) is 1. The van der Waals surface area contributed by atoms with Crippen molar-refractivity contribution in [2.75, 3.05) is 0 Å². The first-order valence-electron chi connectivity index (χ1n) is 10.4. The zero-order valence-corrected chi connectivity index (χ0v) is 18.3. The van der Waals surface area contributed by atoms with Crippen LogP contribution in [0, 0.1) is 0 Å². The van der Waals surface area contributed by atoms with Gasteiger partial charge in [-0.15, -0.1) is 0 Å². The van der Waals surface area contributed by atoms with Gasteiger partial charge in [0.1, 0.15) is 5.75 Å². The van der Waals surface area contributed by atoms with Crippen LogP contribution in [-0.4, -0.2) is 5.11 Å². The molecule has 0 aliphatic rings. The molecule has 148 valence electrons. The van der Waals surface area contributed by atoms with Crippen molar-refractivity contribution >= 4 is 21.5 Å². The second-order valence-corrected chi connectivity index (χ2v) is 10.1. The Balaban J connectivity index is 2.21. The highest BCUT2D eigenvalue weighted by Gasteiger charge is 2.25. The fourth-order valence-electron chi connectivity index (χ4n) is 4.13. The fourth-order valence-corrected chi connectivity index (χ4v) is 4.13. The summed E-state index contributed by atoms with van der Waals surface area (Å²) >= 11 is 0. The van der Waals surface area contributed by atoms with Crippen LogP contribution in [0.25, 0.3) is 32.7 Å². The summed E-state index contributed by atoms with van der Waals surface area (Å²) in [4.78, 5) is 0. The van der Waals surface area contributed by atoms with Crippen LogP contribution in [0.5, 0.6) is 5.75 Å². The van der Waals surface area contributed by atoms with Gasteiger partial charge < -0.3 is 5.11 Å². The maximum absolute atomic E-state index is 11.5. The average molecular weight is 383 g/mol. The minimum atomic E-state index is -0.152. The van der Waals surface area contributed by atoms with E-state index in [4.69, 9.17) is 0 Å². The van der Waals surface area contributed by atoms with Crippen molar-refractivity contribution in [1.82, 2.24) is 0 Å². The summed E-state index contributed by atoms with van der Waals surface area (Å²) in [6, 6.07) is 23.6. The first-order valence-corrected chi connectivity index (χ1v) is 10.4. The molecule has 0 aliphatic carbocycles. The van der Waals surface area contributed by atoms with Crippen molar-refractivity contribution < 1.29 is 5.11 Å². The Morgan fingerprint density at radius 2 is 1.17 bits per heavy atom. The number of aromatic hydroxyl groups is 1. The van der Waals surface area contributed by atoms with E-state index in [0.29, 0.717) is 5.75 Å². The van der Waals surface area contributed by atoms with Gasteiger partial charge in [0.15, 0.2) is 0 Å². The molecule has 0 radical (unpaired) electrons. The summed E-state index contributed by atoms with van der Waals surface area (Å²) in [5.41, 5.74) is 4.17. The number of benzene rings is 4. The van der Waals surface area contributed by atoms with E-state index in [0.717, 1.165) is 27.5 Å². The molecule has 0 saturated carbocycles. The van der Waals surface area contributed by atoms with Gasteiger partial charge in [0.25, 0.3) is 0 Å². The molecule has 0 aromatic heterocycles. The smallest absolute Gasteiger partial charge is 0.127 e. The van der Waals surface area contributed by atoms with Gasteiger partial charge in [0.05, 0.1) is 0 Å². The van der Waals surface area contributed by atoms with Crippen molar-refractivity contribution in [1.29, 1.82) is 0 Å². The lowest BCUT2D eigenvalue weighted by Gasteiger charge is -2.26. The van der Waals surface area contributed by atoms with Crippen molar-refractivity contribution in [2.45, 2.75) is 52.4 Å². The highest BCUT2D eigenvalue weighted by molar-refractivity contribution is 6.08. The molecule has 0 amide bonds. The van der Waals surface area contributed by atoms with E-state index >= 15 is 0 Å². The lowest BCUT2D eigenvalue weighted by Crippen LogP contribution is -2.12. The normalized spacial score (nSPS) is 12.6. The summed E-state index contributed by atoms with van der Waals surface area (Å²) in [6.07, 6.45) is 0. The summed E-state index contributed by atoms with van der Waals surface area (Å²) < 4.78 is 0. The predicted octanol–water partition coefficient (Wildman–Crippen LogP) is 7.96. The quantitative estimate of drug-likeness (QED) is 0.354. The predicted molar refractivity (Wildman–Crippen MR) is 126 cm³/mol. The molecule has 4 aromatic carbocycles. The van der Waals surface area contributed by atoms with Crippen LogP contribution >= 0.6 is 0 Å². The van der Waals surface area contributed by atoms with Gasteiger partial charge in [-0.05, 0) is 55.6 Å². The van der Waals surface area contributed by atoms with Crippen molar-refractivity contribution in [3.63, 3.8) is 0 Å². The molecule has 0 spiro atoms. The van der Waals surface area contributed by atoms with Crippen LogP contribution in [0.2, 0.25) is 0 Å². The third kappa shape index (κ3) is 3.40. The Labute approximate surface area is 174 Å². The number of phenolic OH excluding ortho intramolecular Hbond substituents is 1. The van der Waals surface area contributed by atoms with Crippen molar-refractivity contribution in [2.24, 2.45) is 0 Å². The standard InChI is InChI=1S/C28H30O/c1-27(2,3)20-15-18-11-7-9-13-21(18)23(17-20)25-22-14-10-8-12-19(22)16-24(26(25)29)28(4,5)6/h7-17,29H,1-6H3. The van der Waals surface area contributed by atoms with Crippen LogP contribution in [0.4, 0.5) is 0 Å². The molecule has 0 saturated heterocycles. The Bertz CT molecular complexity index is 1220. The van der Waals surface area contributed by atoms with Gasteiger partial charge in [-0.3, -0.25) is 0 Å². The Kier molecular flexibility index (Phi) is 4.46. The van der Waals surface area contributed by atoms with Gasteiger partial charge in [-0.2, -0.15) is 0 Å². The molecule has 4 rings (SSSR count). The fraction of sp³-hybridized carbons (Fsp3) is 0.286. The zero-order chi connectivity index (χ0) is 21.0. The largest absolute Gasteiger partial charge is 0.507 e. The molecule has 1 N–H and O–H groups in total. The lowest BCUT2D eigenvalue weighted by atomic mass is 9.79. The Morgan fingerprint density at radius 3 is 1.76 bits per heavy atom. The summed E-state index contributed by atoms with van der Waals surface area (Å²) in [7, 11) is 0. The molecule has 4 aromatic rings. The summed E-state index contributed by atoms with van der Waals surface area (Å²) in [5, 5.41) is 16.2. The molecule has 0 unspecified atom stereocenters. The SMILES string of the molecule is CC(C)(C)c1cc(-c2c(O)c(C(C)(C)C)cc3ccccc23)c2ccccc2c1. The van der Waals surface area contributed by atoms with Gasteiger partial charge in [0, 0.05) is 11.1 Å². The van der Waals surface area contributed by atoms with Gasteiger partial charge in [-0.1, -0.05) is 96.1 Å². The molecule has 0 heterocycles. The van der Waals surface area contributed by atoms with E-state index in [1.165, 1.54) is 16.3 Å². The van der Waals surface area contributed by atoms with Crippen LogP contribution < -0.4 is 0 Å². The Hall–Kier alpha value is -2.80. The van der Waals surface area contributed by atoms with E-state index in [2.05, 4.69) is 108 Å². The van der Waals surface area contributed by atoms with Gasteiger partial charge >= 0.3 is 0 Å². The van der Waals surface area contributed by atoms with Crippen LogP contribution in [0.3, 0.4) is 0 Å². The highest BCUT2D eigenvalue weighted by atomic mass is 16.3. The zero-order valence-electron chi connectivity index (χ0n) is 18.3. The molecule has 0 aliphatic heterocycles. The van der Waals surface area contributed by atoms with Crippen LogP contribution in [0.1, 0.15) is 52.7 Å². The van der Waals surface area contributed by atoms with Gasteiger partial charge in [-0.25, -0.2) is 0 Å². The molecule has 1 heteroatoms. The van der Waals surface area contributed by atoms with Crippen LogP contribution in [0.15, 0.2) is 66.7 Å². The second kappa shape index (κ2) is 6.62. The van der Waals surface area contributed by atoms with E-state index in [9.17, 15) is 5.11 Å². The van der Waals surface area contributed by atoms with E-state index in [1.807, 2.05) is 0 Å². The number of phenols is 1. The average Bonchev–Trinajstić information content (AvgIpc) is 2.65. The summed E-state index contributed by atoms with van der Waals surface area (Å²) in [5.74, 6) is 0.396. The molecule has 29 heavy (non-hydrogen) atoms. The number of rotatable bonds is 1. The molecular formula is C28H30O. The van der Waals surface area contributed by atoms with Crippen molar-refractivity contribution in [3.8, 4) is 16.9 Å². The second-order valence-electron chi connectivity index (χ2n) is 10.1. The van der Waals surface area contributed by atoms with Crippen LogP contribution in [-0.2, 0) is 10.8 Å². The van der Waals surface area contributed by atoms with E-state index < -0.39 is 0 Å². The maximum Gasteiger partial charge on any atom is 0.127 e. The lowest BCUT2D eigenvalue weighted by molar-refractivity contribution is 0.449. The van der Waals surface area contributed by atoms with Gasteiger partial charge in [0.2, 0.25) is 0 Å². The first kappa shape index (κ1) is 19.5. The molecular weight excluding hydrogens is 352 g/mol. The maximum atomic E-state index is 11.5. The minimum Gasteiger partial charge on any atom is -0.507 e. The molecule has 0 fully saturated rings. The summed E-state index contributed by atoms with van der Waals surface area (Å²) in [6.45, 7) is 13.2. The number of fused-ring (bicyclic) bond motifs is 2. The monoisotopic (exact) mass is 382 g/mol. The van der Waals surface area contributed by atoms with E-state index in [1.54, 1.807) is 0 Å². The highest BCUT2D eigenvalue weighted by Crippen LogP contribution is 2.46. The minimum absolute atomic E-state index is 0.0197. The molecule has 0 bridgehead atoms.